The van der Waals surface area contributed by atoms with Crippen molar-refractivity contribution in [1.82, 2.24) is 9.78 Å². The van der Waals surface area contributed by atoms with Gasteiger partial charge in [0.05, 0.1) is 11.6 Å². The van der Waals surface area contributed by atoms with Crippen LogP contribution in [-0.2, 0) is 11.3 Å². The molecule has 72 valence electrons. The Labute approximate surface area is 81.4 Å². The van der Waals surface area contributed by atoms with Crippen LogP contribution in [0.5, 0.6) is 0 Å². The maximum absolute atomic E-state index is 11.2. The van der Waals surface area contributed by atoms with Crippen LogP contribution in [0.15, 0.2) is 6.20 Å². The second-order valence-corrected chi connectivity index (χ2v) is 2.81. The van der Waals surface area contributed by atoms with Crippen molar-refractivity contribution in [2.75, 3.05) is 6.61 Å². The normalized spacial score (nSPS) is 10.1. The third-order valence-electron chi connectivity index (χ3n) is 1.51. The van der Waals surface area contributed by atoms with Gasteiger partial charge in [-0.05, 0) is 13.8 Å². The van der Waals surface area contributed by atoms with Gasteiger partial charge in [-0.15, -0.1) is 0 Å². The minimum absolute atomic E-state index is 0.186. The molecule has 5 heteroatoms. The van der Waals surface area contributed by atoms with Crippen molar-refractivity contribution in [2.24, 2.45) is 0 Å². The molecule has 0 radical (unpaired) electrons. The SMILES string of the molecule is CCOC(=O)c1nn(CC)cc1Cl. The maximum Gasteiger partial charge on any atom is 0.360 e. The predicted molar refractivity (Wildman–Crippen MR) is 48.9 cm³/mol. The van der Waals surface area contributed by atoms with E-state index in [4.69, 9.17) is 16.3 Å². The number of carbonyl (C=O) groups excluding carboxylic acids is 1. The van der Waals surface area contributed by atoms with Crippen LogP contribution in [0, 0.1) is 0 Å². The lowest BCUT2D eigenvalue weighted by molar-refractivity contribution is 0.0518. The summed E-state index contributed by atoms with van der Waals surface area (Å²) in [5.74, 6) is -0.472. The van der Waals surface area contributed by atoms with Crippen molar-refractivity contribution in [3.63, 3.8) is 0 Å². The molecule has 0 saturated heterocycles. The van der Waals surface area contributed by atoms with Gasteiger partial charge >= 0.3 is 5.97 Å². The van der Waals surface area contributed by atoms with Crippen molar-refractivity contribution < 1.29 is 9.53 Å². The Balaban J connectivity index is 2.87. The van der Waals surface area contributed by atoms with Crippen LogP contribution in [0.2, 0.25) is 5.02 Å². The third-order valence-corrected chi connectivity index (χ3v) is 1.79. The van der Waals surface area contributed by atoms with Gasteiger partial charge in [0.15, 0.2) is 5.69 Å². The van der Waals surface area contributed by atoms with Gasteiger partial charge < -0.3 is 4.74 Å². The number of aryl methyl sites for hydroxylation is 1. The lowest BCUT2D eigenvalue weighted by Gasteiger charge is -1.97. The number of halogens is 1. The fraction of sp³-hybridized carbons (Fsp3) is 0.500. The molecule has 1 aromatic rings. The van der Waals surface area contributed by atoms with Crippen molar-refractivity contribution in [2.45, 2.75) is 20.4 Å². The zero-order chi connectivity index (χ0) is 9.84. The highest BCUT2D eigenvalue weighted by molar-refractivity contribution is 6.33. The molecule has 1 rings (SSSR count). The fourth-order valence-electron chi connectivity index (χ4n) is 0.897. The second-order valence-electron chi connectivity index (χ2n) is 2.40. The lowest BCUT2D eigenvalue weighted by Crippen LogP contribution is -2.07. The Morgan fingerprint density at radius 2 is 2.38 bits per heavy atom. The molecule has 13 heavy (non-hydrogen) atoms. The molecule has 0 amide bonds. The topological polar surface area (TPSA) is 44.1 Å². The quantitative estimate of drug-likeness (QED) is 0.702. The predicted octanol–water partition coefficient (Wildman–Crippen LogP) is 1.73. The van der Waals surface area contributed by atoms with Crippen LogP contribution in [0.25, 0.3) is 0 Å². The molecule has 0 atom stereocenters. The standard InChI is InChI=1S/C8H11ClN2O2/c1-3-11-5-6(9)7(10-11)8(12)13-4-2/h5H,3-4H2,1-2H3. The molecule has 0 N–H and O–H groups in total. The Morgan fingerprint density at radius 1 is 1.69 bits per heavy atom. The first-order valence-corrected chi connectivity index (χ1v) is 4.46. The third kappa shape index (κ3) is 2.21. The first-order chi connectivity index (χ1) is 6.19. The maximum atomic E-state index is 11.2. The Morgan fingerprint density at radius 3 is 2.85 bits per heavy atom. The number of nitrogens with zero attached hydrogens (tertiary/aromatic N) is 2. The molecule has 0 fully saturated rings. The Kier molecular flexibility index (Phi) is 3.31. The van der Waals surface area contributed by atoms with Crippen LogP contribution < -0.4 is 0 Å². The van der Waals surface area contributed by atoms with E-state index in [1.165, 1.54) is 0 Å². The minimum Gasteiger partial charge on any atom is -0.461 e. The van der Waals surface area contributed by atoms with Crippen molar-refractivity contribution in [3.05, 3.63) is 16.9 Å². The Bertz CT molecular complexity index is 309. The van der Waals surface area contributed by atoms with Crippen molar-refractivity contribution >= 4 is 17.6 Å². The molecule has 0 aromatic carbocycles. The van der Waals surface area contributed by atoms with Crippen LogP contribution >= 0.6 is 11.6 Å². The van der Waals surface area contributed by atoms with Gasteiger partial charge in [-0.2, -0.15) is 5.10 Å². The highest BCUT2D eigenvalue weighted by Gasteiger charge is 2.15. The average Bonchev–Trinajstić information content (AvgIpc) is 2.47. The van der Waals surface area contributed by atoms with Crippen LogP contribution in [-0.4, -0.2) is 22.4 Å². The average molecular weight is 203 g/mol. The summed E-state index contributed by atoms with van der Waals surface area (Å²) >= 11 is 5.77. The fourth-order valence-corrected chi connectivity index (χ4v) is 1.12. The molecule has 0 bridgehead atoms. The zero-order valence-electron chi connectivity index (χ0n) is 7.58. The molecular weight excluding hydrogens is 192 g/mol. The number of hydrogen-bond acceptors (Lipinski definition) is 3. The van der Waals surface area contributed by atoms with Gasteiger partial charge in [0.2, 0.25) is 0 Å². The van der Waals surface area contributed by atoms with Crippen LogP contribution in [0.3, 0.4) is 0 Å². The van der Waals surface area contributed by atoms with E-state index in [0.717, 1.165) is 0 Å². The van der Waals surface area contributed by atoms with Gasteiger partial charge in [-0.3, -0.25) is 4.68 Å². The van der Waals surface area contributed by atoms with Gasteiger partial charge in [-0.25, -0.2) is 4.79 Å². The molecule has 0 aliphatic rings. The number of rotatable bonds is 3. The first kappa shape index (κ1) is 10.1. The molecule has 4 nitrogen and oxygen atoms in total. The summed E-state index contributed by atoms with van der Waals surface area (Å²) in [6, 6.07) is 0. The van der Waals surface area contributed by atoms with Crippen LogP contribution in [0.1, 0.15) is 24.3 Å². The number of carbonyl (C=O) groups is 1. The monoisotopic (exact) mass is 202 g/mol. The van der Waals surface area contributed by atoms with E-state index >= 15 is 0 Å². The minimum atomic E-state index is -0.472. The van der Waals surface area contributed by atoms with E-state index in [2.05, 4.69) is 5.10 Å². The molecule has 0 aliphatic carbocycles. The van der Waals surface area contributed by atoms with E-state index in [9.17, 15) is 4.79 Å². The van der Waals surface area contributed by atoms with E-state index in [1.54, 1.807) is 17.8 Å². The molecular formula is C8H11ClN2O2. The molecule has 0 saturated carbocycles. The summed E-state index contributed by atoms with van der Waals surface area (Å²) < 4.78 is 6.36. The second kappa shape index (κ2) is 4.28. The van der Waals surface area contributed by atoms with E-state index in [0.29, 0.717) is 18.2 Å². The summed E-state index contributed by atoms with van der Waals surface area (Å²) in [5.41, 5.74) is 0.186. The Hall–Kier alpha value is -1.03. The molecule has 0 unspecified atom stereocenters. The number of hydrogen-bond donors (Lipinski definition) is 0. The largest absolute Gasteiger partial charge is 0.461 e. The smallest absolute Gasteiger partial charge is 0.360 e. The molecule has 1 aromatic heterocycles. The van der Waals surface area contributed by atoms with Gasteiger partial charge in [-0.1, -0.05) is 11.6 Å². The van der Waals surface area contributed by atoms with Gasteiger partial charge in [0, 0.05) is 12.7 Å². The zero-order valence-corrected chi connectivity index (χ0v) is 8.34. The van der Waals surface area contributed by atoms with Crippen LogP contribution in [0.4, 0.5) is 0 Å². The summed E-state index contributed by atoms with van der Waals surface area (Å²) in [5, 5.41) is 4.29. The van der Waals surface area contributed by atoms with E-state index < -0.39 is 5.97 Å². The number of ether oxygens (including phenoxy) is 1. The number of esters is 1. The van der Waals surface area contributed by atoms with Crippen molar-refractivity contribution in [3.8, 4) is 0 Å². The van der Waals surface area contributed by atoms with E-state index in [-0.39, 0.29) is 5.69 Å². The molecule has 1 heterocycles. The van der Waals surface area contributed by atoms with E-state index in [1.807, 2.05) is 6.92 Å². The molecule has 0 aliphatic heterocycles. The summed E-state index contributed by atoms with van der Waals surface area (Å²) in [6.45, 7) is 4.66. The first-order valence-electron chi connectivity index (χ1n) is 4.09. The number of aromatic nitrogens is 2. The summed E-state index contributed by atoms with van der Waals surface area (Å²) in [4.78, 5) is 11.2. The van der Waals surface area contributed by atoms with Crippen molar-refractivity contribution in [1.29, 1.82) is 0 Å². The summed E-state index contributed by atoms with van der Waals surface area (Å²) in [6.07, 6.45) is 1.60. The highest BCUT2D eigenvalue weighted by Crippen LogP contribution is 2.14. The molecule has 0 spiro atoms. The van der Waals surface area contributed by atoms with Gasteiger partial charge in [0.1, 0.15) is 0 Å². The summed E-state index contributed by atoms with van der Waals surface area (Å²) in [7, 11) is 0. The van der Waals surface area contributed by atoms with Gasteiger partial charge in [0.25, 0.3) is 0 Å². The highest BCUT2D eigenvalue weighted by atomic mass is 35.5. The lowest BCUT2D eigenvalue weighted by atomic mass is 10.4.